The maximum absolute atomic E-state index is 5.88. The summed E-state index contributed by atoms with van der Waals surface area (Å²) in [7, 11) is 0. The van der Waals surface area contributed by atoms with Crippen molar-refractivity contribution in [3.05, 3.63) is 33.3 Å². The molecule has 0 saturated heterocycles. The van der Waals surface area contributed by atoms with Crippen LogP contribution < -0.4 is 11.3 Å². The van der Waals surface area contributed by atoms with Crippen LogP contribution in [0.15, 0.2) is 27.7 Å². The lowest BCUT2D eigenvalue weighted by Crippen LogP contribution is -2.33. The second-order valence-electron chi connectivity index (χ2n) is 4.40. The van der Waals surface area contributed by atoms with E-state index in [2.05, 4.69) is 26.3 Å². The number of amidine groups is 1. The molecule has 16 heavy (non-hydrogen) atoms. The molecule has 3 N–H and O–H groups in total. The second kappa shape index (κ2) is 5.17. The Kier molecular flexibility index (Phi) is 4.35. The Bertz CT molecular complexity index is 410. The van der Waals surface area contributed by atoms with Gasteiger partial charge in [-0.25, -0.2) is 5.84 Å². The van der Waals surface area contributed by atoms with Crippen molar-refractivity contribution in [2.75, 3.05) is 0 Å². The van der Waals surface area contributed by atoms with Crippen LogP contribution in [0.5, 0.6) is 0 Å². The van der Waals surface area contributed by atoms with Crippen LogP contribution in [0, 0.1) is 0 Å². The minimum Gasteiger partial charge on any atom is -0.308 e. The molecule has 5 heteroatoms. The third kappa shape index (κ3) is 3.77. The van der Waals surface area contributed by atoms with Crippen molar-refractivity contribution in [3.8, 4) is 0 Å². The fraction of sp³-hybridized carbons (Fsp3) is 0.364. The van der Waals surface area contributed by atoms with E-state index in [9.17, 15) is 0 Å². The summed E-state index contributed by atoms with van der Waals surface area (Å²) in [6, 6.07) is 5.49. The number of hydrogen-bond donors (Lipinski definition) is 2. The van der Waals surface area contributed by atoms with E-state index < -0.39 is 0 Å². The van der Waals surface area contributed by atoms with Gasteiger partial charge in [-0.05, 0) is 54.9 Å². The van der Waals surface area contributed by atoms with E-state index in [1.165, 1.54) is 0 Å². The first-order chi connectivity index (χ1) is 7.33. The third-order valence-electron chi connectivity index (χ3n) is 1.77. The molecule has 0 fully saturated rings. The maximum atomic E-state index is 5.88. The van der Waals surface area contributed by atoms with E-state index in [1.54, 1.807) is 6.07 Å². The molecule has 0 atom stereocenters. The molecule has 0 aliphatic rings. The molecule has 0 aromatic heterocycles. The first-order valence-electron chi connectivity index (χ1n) is 4.85. The van der Waals surface area contributed by atoms with Crippen molar-refractivity contribution < 1.29 is 0 Å². The number of nitrogens with two attached hydrogens (primary N) is 1. The van der Waals surface area contributed by atoms with Gasteiger partial charge in [0, 0.05) is 15.1 Å². The van der Waals surface area contributed by atoms with Crippen LogP contribution >= 0.6 is 27.5 Å². The zero-order valence-corrected chi connectivity index (χ0v) is 11.9. The zero-order valence-electron chi connectivity index (χ0n) is 9.51. The van der Waals surface area contributed by atoms with Gasteiger partial charge in [0.05, 0.1) is 5.54 Å². The fourth-order valence-corrected chi connectivity index (χ4v) is 2.06. The van der Waals surface area contributed by atoms with E-state index in [0.717, 1.165) is 10.0 Å². The molecular weight excluding hydrogens is 289 g/mol. The molecule has 0 aliphatic carbocycles. The first-order valence-corrected chi connectivity index (χ1v) is 6.02. The van der Waals surface area contributed by atoms with Crippen LogP contribution in [0.3, 0.4) is 0 Å². The van der Waals surface area contributed by atoms with Crippen LogP contribution in [0.4, 0.5) is 0 Å². The van der Waals surface area contributed by atoms with Gasteiger partial charge in [0.25, 0.3) is 0 Å². The zero-order chi connectivity index (χ0) is 12.3. The van der Waals surface area contributed by atoms with Crippen molar-refractivity contribution in [2.45, 2.75) is 26.3 Å². The Morgan fingerprint density at radius 3 is 2.50 bits per heavy atom. The average molecular weight is 305 g/mol. The quantitative estimate of drug-likeness (QED) is 0.362. The second-order valence-corrected chi connectivity index (χ2v) is 5.69. The highest BCUT2D eigenvalue weighted by atomic mass is 79.9. The highest BCUT2D eigenvalue weighted by Crippen LogP contribution is 2.22. The summed E-state index contributed by atoms with van der Waals surface area (Å²) in [5, 5.41) is 0.669. The lowest BCUT2D eigenvalue weighted by molar-refractivity contribution is 0.580. The molecule has 0 unspecified atom stereocenters. The predicted octanol–water partition coefficient (Wildman–Crippen LogP) is 3.11. The number of rotatable bonds is 1. The SMILES string of the molecule is CC(C)(C)N=C(NN)c1ccc(Cl)cc1Br. The van der Waals surface area contributed by atoms with Crippen molar-refractivity contribution in [1.29, 1.82) is 0 Å². The van der Waals surface area contributed by atoms with Gasteiger partial charge in [0.1, 0.15) is 5.84 Å². The number of hydrazine groups is 1. The number of nitrogens with zero attached hydrogens (tertiary/aromatic N) is 1. The molecule has 1 aromatic carbocycles. The summed E-state index contributed by atoms with van der Waals surface area (Å²) in [4.78, 5) is 4.50. The topological polar surface area (TPSA) is 50.4 Å². The van der Waals surface area contributed by atoms with E-state index >= 15 is 0 Å². The summed E-state index contributed by atoms with van der Waals surface area (Å²) in [6.07, 6.45) is 0. The van der Waals surface area contributed by atoms with E-state index in [0.29, 0.717) is 10.9 Å². The molecule has 0 saturated carbocycles. The van der Waals surface area contributed by atoms with Crippen LogP contribution in [-0.2, 0) is 0 Å². The van der Waals surface area contributed by atoms with Crippen molar-refractivity contribution in [2.24, 2.45) is 10.8 Å². The summed E-state index contributed by atoms with van der Waals surface area (Å²) in [6.45, 7) is 6.02. The Morgan fingerprint density at radius 1 is 1.44 bits per heavy atom. The fourth-order valence-electron chi connectivity index (χ4n) is 1.19. The molecule has 1 rings (SSSR count). The normalized spacial score (nSPS) is 12.8. The van der Waals surface area contributed by atoms with Crippen LogP contribution in [0.2, 0.25) is 5.02 Å². The largest absolute Gasteiger partial charge is 0.308 e. The molecule has 0 amide bonds. The Labute approximate surface area is 109 Å². The van der Waals surface area contributed by atoms with Crippen LogP contribution in [0.1, 0.15) is 26.3 Å². The predicted molar refractivity (Wildman–Crippen MR) is 72.8 cm³/mol. The van der Waals surface area contributed by atoms with Gasteiger partial charge >= 0.3 is 0 Å². The Balaban J connectivity index is 3.19. The lowest BCUT2D eigenvalue weighted by Gasteiger charge is -2.16. The monoisotopic (exact) mass is 303 g/mol. The minimum atomic E-state index is -0.194. The summed E-state index contributed by atoms with van der Waals surface area (Å²) in [5.41, 5.74) is 3.31. The Morgan fingerprint density at radius 2 is 2.06 bits per heavy atom. The number of halogens is 2. The highest BCUT2D eigenvalue weighted by Gasteiger charge is 2.13. The molecule has 0 heterocycles. The van der Waals surface area contributed by atoms with E-state index in [1.807, 2.05) is 32.9 Å². The number of aliphatic imine (C=N–C) groups is 1. The van der Waals surface area contributed by atoms with Gasteiger partial charge in [-0.3, -0.25) is 4.99 Å². The van der Waals surface area contributed by atoms with Crippen molar-refractivity contribution >= 4 is 33.4 Å². The van der Waals surface area contributed by atoms with E-state index in [-0.39, 0.29) is 5.54 Å². The molecule has 0 aliphatic heterocycles. The smallest absolute Gasteiger partial charge is 0.144 e. The summed E-state index contributed by atoms with van der Waals surface area (Å²) in [5.74, 6) is 6.12. The number of hydrogen-bond acceptors (Lipinski definition) is 2. The third-order valence-corrected chi connectivity index (χ3v) is 2.66. The number of benzene rings is 1. The lowest BCUT2D eigenvalue weighted by atomic mass is 10.1. The van der Waals surface area contributed by atoms with Gasteiger partial charge in [-0.15, -0.1) is 0 Å². The highest BCUT2D eigenvalue weighted by molar-refractivity contribution is 9.10. The van der Waals surface area contributed by atoms with Crippen molar-refractivity contribution in [3.63, 3.8) is 0 Å². The molecule has 1 aromatic rings. The standard InChI is InChI=1S/C11H15BrClN3/c1-11(2,3)15-10(16-14)8-5-4-7(13)6-9(8)12/h4-6H,14H2,1-3H3,(H,15,16). The van der Waals surface area contributed by atoms with Crippen molar-refractivity contribution in [1.82, 2.24) is 5.43 Å². The molecule has 0 radical (unpaired) electrons. The van der Waals surface area contributed by atoms with Crippen LogP contribution in [-0.4, -0.2) is 11.4 Å². The maximum Gasteiger partial charge on any atom is 0.144 e. The van der Waals surface area contributed by atoms with E-state index in [4.69, 9.17) is 17.4 Å². The van der Waals surface area contributed by atoms with Gasteiger partial charge < -0.3 is 5.43 Å². The Hall–Kier alpha value is -0.580. The number of nitrogens with one attached hydrogen (secondary N) is 1. The summed E-state index contributed by atoms with van der Waals surface area (Å²) < 4.78 is 0.862. The van der Waals surface area contributed by atoms with Gasteiger partial charge in [-0.2, -0.15) is 0 Å². The molecule has 0 spiro atoms. The summed E-state index contributed by atoms with van der Waals surface area (Å²) >= 11 is 9.31. The van der Waals surface area contributed by atoms with Gasteiger partial charge in [0.15, 0.2) is 0 Å². The van der Waals surface area contributed by atoms with Crippen LogP contribution in [0.25, 0.3) is 0 Å². The molecule has 3 nitrogen and oxygen atoms in total. The first kappa shape index (κ1) is 13.5. The van der Waals surface area contributed by atoms with Gasteiger partial charge in [0.2, 0.25) is 0 Å². The minimum absolute atomic E-state index is 0.194. The molecule has 88 valence electrons. The average Bonchev–Trinajstić information content (AvgIpc) is 2.13. The molecular formula is C11H15BrClN3. The van der Waals surface area contributed by atoms with Gasteiger partial charge in [-0.1, -0.05) is 11.6 Å². The molecule has 0 bridgehead atoms.